The second kappa shape index (κ2) is 6.10. The van der Waals surface area contributed by atoms with Crippen molar-refractivity contribution in [2.45, 2.75) is 38.8 Å². The van der Waals surface area contributed by atoms with Crippen LogP contribution in [-0.2, 0) is 22.8 Å². The second-order valence-electron chi connectivity index (χ2n) is 5.45. The normalized spacial score (nSPS) is 21.1. The first-order valence-corrected chi connectivity index (χ1v) is 8.90. The van der Waals surface area contributed by atoms with Gasteiger partial charge in [-0.1, -0.05) is 13.3 Å². The van der Waals surface area contributed by atoms with Gasteiger partial charge in [-0.2, -0.15) is 0 Å². The van der Waals surface area contributed by atoms with Crippen LogP contribution in [0.3, 0.4) is 0 Å². The molecule has 1 aliphatic heterocycles. The first-order chi connectivity index (χ1) is 9.45. The Labute approximate surface area is 121 Å². The van der Waals surface area contributed by atoms with E-state index in [2.05, 4.69) is 11.9 Å². The average Bonchev–Trinajstić information content (AvgIpc) is 2.78. The molecule has 2 N–H and O–H groups in total. The summed E-state index contributed by atoms with van der Waals surface area (Å²) in [7, 11) is -0.958. The Balaban J connectivity index is 2.24. The molecule has 0 aliphatic carbocycles. The topological polar surface area (TPSA) is 76.3 Å². The maximum absolute atomic E-state index is 11.6. The first kappa shape index (κ1) is 15.3. The fourth-order valence-corrected chi connectivity index (χ4v) is 4.36. The van der Waals surface area contributed by atoms with Gasteiger partial charge in [0.1, 0.15) is 5.82 Å². The summed E-state index contributed by atoms with van der Waals surface area (Å²) in [4.78, 5) is 6.63. The van der Waals surface area contributed by atoms with Gasteiger partial charge in [0.05, 0.1) is 11.5 Å². The smallest absolute Gasteiger partial charge is 0.152 e. The van der Waals surface area contributed by atoms with Crippen LogP contribution in [0.5, 0.6) is 0 Å². The Hall–Kier alpha value is -1.14. The highest BCUT2D eigenvalue weighted by Gasteiger charge is 2.31. The third-order valence-corrected chi connectivity index (χ3v) is 5.53. The maximum Gasteiger partial charge on any atom is 0.152 e. The predicted molar refractivity (Wildman–Crippen MR) is 81.6 cm³/mol. The molecular weight excluding hydrogens is 274 g/mol. The van der Waals surface area contributed by atoms with E-state index < -0.39 is 9.84 Å². The van der Waals surface area contributed by atoms with Gasteiger partial charge < -0.3 is 10.6 Å². The number of aryl methyl sites for hydroxylation is 1. The van der Waals surface area contributed by atoms with Gasteiger partial charge in [-0.25, -0.2) is 13.4 Å². The van der Waals surface area contributed by atoms with Gasteiger partial charge in [0.25, 0.3) is 0 Å². The number of aromatic nitrogens is 1. The molecule has 6 heteroatoms. The van der Waals surface area contributed by atoms with Crippen molar-refractivity contribution in [3.63, 3.8) is 0 Å². The Morgan fingerprint density at radius 3 is 2.75 bits per heavy atom. The molecule has 2 rings (SSSR count). The summed E-state index contributed by atoms with van der Waals surface area (Å²) in [5.41, 5.74) is 7.81. The van der Waals surface area contributed by atoms with E-state index in [9.17, 15) is 8.42 Å². The molecule has 1 aromatic rings. The molecule has 0 aromatic carbocycles. The van der Waals surface area contributed by atoms with Crippen molar-refractivity contribution in [1.29, 1.82) is 0 Å². The standard InChI is InChI=1S/C14H23N3O2S/c1-3-4-12-7-11(9-15)8-14(16-12)17(2)13-5-6-20(18,19)10-13/h7-8,13H,3-6,9-10,15H2,1-2H3. The van der Waals surface area contributed by atoms with Crippen molar-refractivity contribution in [1.82, 2.24) is 4.98 Å². The Morgan fingerprint density at radius 1 is 1.45 bits per heavy atom. The third kappa shape index (κ3) is 3.49. The lowest BCUT2D eigenvalue weighted by molar-refractivity contribution is 0.600. The van der Waals surface area contributed by atoms with Crippen LogP contribution in [-0.4, -0.2) is 38.0 Å². The molecule has 0 amide bonds. The average molecular weight is 297 g/mol. The van der Waals surface area contributed by atoms with E-state index in [1.165, 1.54) is 0 Å². The van der Waals surface area contributed by atoms with Gasteiger partial charge in [-0.15, -0.1) is 0 Å². The molecule has 1 aromatic heterocycles. The summed E-state index contributed by atoms with van der Waals surface area (Å²) >= 11 is 0. The van der Waals surface area contributed by atoms with Crippen molar-refractivity contribution in [3.8, 4) is 0 Å². The molecule has 1 fully saturated rings. The van der Waals surface area contributed by atoms with Crippen molar-refractivity contribution >= 4 is 15.7 Å². The molecule has 5 nitrogen and oxygen atoms in total. The van der Waals surface area contributed by atoms with Gasteiger partial charge in [-0.05, 0) is 30.5 Å². The van der Waals surface area contributed by atoms with Crippen LogP contribution in [0.4, 0.5) is 5.82 Å². The largest absolute Gasteiger partial charge is 0.356 e. The fraction of sp³-hybridized carbons (Fsp3) is 0.643. The van der Waals surface area contributed by atoms with Gasteiger partial charge in [0.15, 0.2) is 9.84 Å². The molecule has 0 spiro atoms. The van der Waals surface area contributed by atoms with Gasteiger partial charge >= 0.3 is 0 Å². The van der Waals surface area contributed by atoms with Crippen LogP contribution in [0.15, 0.2) is 12.1 Å². The minimum absolute atomic E-state index is 0.0231. The van der Waals surface area contributed by atoms with E-state index in [4.69, 9.17) is 5.73 Å². The zero-order valence-corrected chi connectivity index (χ0v) is 13.0. The van der Waals surface area contributed by atoms with Crippen molar-refractivity contribution < 1.29 is 8.42 Å². The van der Waals surface area contributed by atoms with Crippen LogP contribution in [0.1, 0.15) is 31.0 Å². The van der Waals surface area contributed by atoms with E-state index in [1.54, 1.807) is 0 Å². The highest BCUT2D eigenvalue weighted by atomic mass is 32.2. The number of hydrogen-bond donors (Lipinski definition) is 1. The SMILES string of the molecule is CCCc1cc(CN)cc(N(C)C2CCS(=O)(=O)C2)n1. The Bertz CT molecular complexity index is 572. The molecule has 1 aliphatic rings. The summed E-state index contributed by atoms with van der Waals surface area (Å²) in [6.07, 6.45) is 2.62. The predicted octanol–water partition coefficient (Wildman–Crippen LogP) is 1.12. The van der Waals surface area contributed by atoms with Crippen molar-refractivity contribution in [3.05, 3.63) is 23.4 Å². The molecule has 1 saturated heterocycles. The number of sulfone groups is 1. The highest BCUT2D eigenvalue weighted by Crippen LogP contribution is 2.23. The lowest BCUT2D eigenvalue weighted by atomic mass is 10.1. The summed E-state index contributed by atoms with van der Waals surface area (Å²) in [6.45, 7) is 2.59. The number of rotatable bonds is 5. The van der Waals surface area contributed by atoms with E-state index in [1.807, 2.05) is 24.1 Å². The minimum atomic E-state index is -2.88. The van der Waals surface area contributed by atoms with E-state index >= 15 is 0 Å². The maximum atomic E-state index is 11.6. The number of pyridine rings is 1. The Morgan fingerprint density at radius 2 is 2.20 bits per heavy atom. The quantitative estimate of drug-likeness (QED) is 0.881. The number of nitrogens with zero attached hydrogens (tertiary/aromatic N) is 2. The molecular formula is C14H23N3O2S. The molecule has 2 heterocycles. The summed E-state index contributed by atoms with van der Waals surface area (Å²) < 4.78 is 23.2. The molecule has 1 atom stereocenters. The highest BCUT2D eigenvalue weighted by molar-refractivity contribution is 7.91. The zero-order valence-electron chi connectivity index (χ0n) is 12.2. The molecule has 0 saturated carbocycles. The van der Waals surface area contributed by atoms with Crippen LogP contribution < -0.4 is 10.6 Å². The molecule has 0 bridgehead atoms. The minimum Gasteiger partial charge on any atom is -0.356 e. The zero-order chi connectivity index (χ0) is 14.8. The molecule has 20 heavy (non-hydrogen) atoms. The van der Waals surface area contributed by atoms with Crippen LogP contribution in [0.25, 0.3) is 0 Å². The van der Waals surface area contributed by atoms with E-state index in [0.29, 0.717) is 13.0 Å². The van der Waals surface area contributed by atoms with Crippen LogP contribution >= 0.6 is 0 Å². The number of anilines is 1. The third-order valence-electron chi connectivity index (χ3n) is 3.78. The van der Waals surface area contributed by atoms with E-state index in [-0.39, 0.29) is 17.5 Å². The fourth-order valence-electron chi connectivity index (χ4n) is 2.58. The van der Waals surface area contributed by atoms with Gasteiger partial charge in [0, 0.05) is 25.3 Å². The van der Waals surface area contributed by atoms with E-state index in [0.717, 1.165) is 29.9 Å². The Kier molecular flexibility index (Phi) is 4.65. The second-order valence-corrected chi connectivity index (χ2v) is 7.68. The lowest BCUT2D eigenvalue weighted by Crippen LogP contribution is -2.33. The van der Waals surface area contributed by atoms with Crippen LogP contribution in [0, 0.1) is 0 Å². The molecule has 1 unspecified atom stereocenters. The number of hydrogen-bond acceptors (Lipinski definition) is 5. The van der Waals surface area contributed by atoms with Crippen molar-refractivity contribution in [2.75, 3.05) is 23.5 Å². The first-order valence-electron chi connectivity index (χ1n) is 7.08. The molecule has 112 valence electrons. The number of nitrogens with two attached hydrogens (primary N) is 1. The molecule has 0 radical (unpaired) electrons. The lowest BCUT2D eigenvalue weighted by Gasteiger charge is -2.25. The monoisotopic (exact) mass is 297 g/mol. The van der Waals surface area contributed by atoms with Gasteiger partial charge in [0.2, 0.25) is 0 Å². The van der Waals surface area contributed by atoms with Gasteiger partial charge in [-0.3, -0.25) is 0 Å². The van der Waals surface area contributed by atoms with Crippen molar-refractivity contribution in [2.24, 2.45) is 5.73 Å². The summed E-state index contributed by atoms with van der Waals surface area (Å²) in [5, 5.41) is 0. The summed E-state index contributed by atoms with van der Waals surface area (Å²) in [6, 6.07) is 4.02. The summed E-state index contributed by atoms with van der Waals surface area (Å²) in [5.74, 6) is 1.33. The van der Waals surface area contributed by atoms with Crippen LogP contribution in [0.2, 0.25) is 0 Å².